The third-order valence-electron chi connectivity index (χ3n) is 2.29. The van der Waals surface area contributed by atoms with Crippen molar-refractivity contribution in [1.82, 2.24) is 0 Å². The van der Waals surface area contributed by atoms with E-state index in [0.717, 1.165) is 6.42 Å². The molecule has 6 heteroatoms. The summed E-state index contributed by atoms with van der Waals surface area (Å²) in [6.45, 7) is 0. The van der Waals surface area contributed by atoms with Gasteiger partial charge in [-0.2, -0.15) is 10.5 Å². The Bertz CT molecular complexity index is 412. The van der Waals surface area contributed by atoms with Crippen molar-refractivity contribution < 1.29 is 19.1 Å². The summed E-state index contributed by atoms with van der Waals surface area (Å²) < 4.78 is 10.1. The molecule has 0 aromatic rings. The first-order valence-electron chi connectivity index (χ1n) is 5.47. The first-order valence-corrected chi connectivity index (χ1v) is 5.47. The van der Waals surface area contributed by atoms with Crippen molar-refractivity contribution >= 4 is 11.9 Å². The molecule has 1 aliphatic carbocycles. The van der Waals surface area contributed by atoms with Gasteiger partial charge in [-0.05, 0) is 18.9 Å². The summed E-state index contributed by atoms with van der Waals surface area (Å²) in [6, 6.07) is 3.32. The third kappa shape index (κ3) is 3.91. The van der Waals surface area contributed by atoms with Gasteiger partial charge < -0.3 is 9.47 Å². The number of carbonyl (C=O) groups is 2. The molecule has 0 aromatic carbocycles. The molecule has 0 unspecified atom stereocenters. The molecule has 0 fully saturated rings. The number of nitriles is 2. The van der Waals surface area contributed by atoms with Gasteiger partial charge in [-0.1, -0.05) is 6.08 Å². The lowest BCUT2D eigenvalue weighted by Crippen LogP contribution is -2.39. The van der Waals surface area contributed by atoms with Crippen molar-refractivity contribution in [3.63, 3.8) is 0 Å². The van der Waals surface area contributed by atoms with E-state index >= 15 is 0 Å². The van der Waals surface area contributed by atoms with E-state index in [2.05, 4.69) is 0 Å². The Morgan fingerprint density at radius 1 is 1.17 bits per heavy atom. The Labute approximate surface area is 104 Å². The Balaban J connectivity index is 2.77. The van der Waals surface area contributed by atoms with Crippen LogP contribution in [0.5, 0.6) is 0 Å². The van der Waals surface area contributed by atoms with E-state index in [1.165, 1.54) is 6.08 Å². The Hall–Kier alpha value is -2.34. The molecule has 0 heterocycles. The van der Waals surface area contributed by atoms with E-state index in [9.17, 15) is 9.59 Å². The maximum Gasteiger partial charge on any atom is 0.323 e. The first kappa shape index (κ1) is 13.7. The number of nitrogens with zero attached hydrogens (tertiary/aromatic N) is 2. The van der Waals surface area contributed by atoms with Crippen LogP contribution < -0.4 is 0 Å². The van der Waals surface area contributed by atoms with E-state index in [0.29, 0.717) is 12.8 Å². The maximum atomic E-state index is 11.3. The molecular weight excluding hydrogens is 236 g/mol. The molecule has 94 valence electrons. The van der Waals surface area contributed by atoms with Crippen LogP contribution in [0.1, 0.15) is 32.1 Å². The van der Waals surface area contributed by atoms with Crippen LogP contribution in [0, 0.1) is 22.7 Å². The topological polar surface area (TPSA) is 100 Å². The number of hydrogen-bond donors (Lipinski definition) is 0. The summed E-state index contributed by atoms with van der Waals surface area (Å²) in [6.07, 6.45) is 4.22. The largest absolute Gasteiger partial charge is 0.418 e. The normalized spacial score (nSPS) is 16.1. The highest BCUT2D eigenvalue weighted by Gasteiger charge is 2.36. The predicted molar refractivity (Wildman–Crippen MR) is 58.4 cm³/mol. The Kier molecular flexibility index (Phi) is 4.89. The average Bonchev–Trinajstić information content (AvgIpc) is 2.30. The zero-order chi connectivity index (χ0) is 13.4. The highest BCUT2D eigenvalue weighted by atomic mass is 16.7. The Morgan fingerprint density at radius 2 is 1.72 bits per heavy atom. The van der Waals surface area contributed by atoms with Gasteiger partial charge in [0.15, 0.2) is 0 Å². The second-order valence-corrected chi connectivity index (χ2v) is 3.72. The quantitative estimate of drug-likeness (QED) is 0.422. The van der Waals surface area contributed by atoms with Crippen LogP contribution in [0.3, 0.4) is 0 Å². The summed E-state index contributed by atoms with van der Waals surface area (Å²) in [5.74, 6) is -2.97. The molecule has 1 rings (SSSR count). The molecule has 0 N–H and O–H groups in total. The van der Waals surface area contributed by atoms with Gasteiger partial charge in [0.05, 0.1) is 12.1 Å². The van der Waals surface area contributed by atoms with E-state index < -0.39 is 30.6 Å². The number of hydrogen-bond acceptors (Lipinski definition) is 6. The molecule has 0 atom stereocenters. The van der Waals surface area contributed by atoms with E-state index in [-0.39, 0.29) is 0 Å². The van der Waals surface area contributed by atoms with Gasteiger partial charge in [-0.15, -0.1) is 0 Å². The number of rotatable bonds is 4. The van der Waals surface area contributed by atoms with Crippen LogP contribution in [0.2, 0.25) is 0 Å². The summed E-state index contributed by atoms with van der Waals surface area (Å²) in [5.41, 5.74) is 0. The highest BCUT2D eigenvalue weighted by Crippen LogP contribution is 2.28. The number of carbonyl (C=O) groups excluding carboxylic acids is 2. The van der Waals surface area contributed by atoms with E-state index in [1.807, 2.05) is 0 Å². The minimum atomic E-state index is -1.46. The summed E-state index contributed by atoms with van der Waals surface area (Å²) in [5, 5.41) is 16.8. The number of ether oxygens (including phenoxy) is 2. The van der Waals surface area contributed by atoms with Crippen LogP contribution in [-0.4, -0.2) is 17.7 Å². The van der Waals surface area contributed by atoms with Crippen LogP contribution in [-0.2, 0) is 19.1 Å². The van der Waals surface area contributed by atoms with Gasteiger partial charge >= 0.3 is 11.9 Å². The standard InChI is InChI=1S/C12H12N2O4/c13-8-4-10(15)17-12(6-2-1-3-7-12)18-11(16)5-9-14/h2,6H,1,3-5,7H2. The molecule has 1 aliphatic rings. The summed E-state index contributed by atoms with van der Waals surface area (Å²) in [7, 11) is 0. The zero-order valence-electron chi connectivity index (χ0n) is 9.72. The van der Waals surface area contributed by atoms with Crippen molar-refractivity contribution in [2.75, 3.05) is 0 Å². The summed E-state index contributed by atoms with van der Waals surface area (Å²) in [4.78, 5) is 22.6. The van der Waals surface area contributed by atoms with Crippen LogP contribution in [0.25, 0.3) is 0 Å². The molecule has 6 nitrogen and oxygen atoms in total. The maximum absolute atomic E-state index is 11.3. The molecule has 0 amide bonds. The third-order valence-corrected chi connectivity index (χ3v) is 2.29. The fraction of sp³-hybridized carbons (Fsp3) is 0.500. The second-order valence-electron chi connectivity index (χ2n) is 3.72. The first-order chi connectivity index (χ1) is 8.62. The van der Waals surface area contributed by atoms with Crippen molar-refractivity contribution in [2.24, 2.45) is 0 Å². The Morgan fingerprint density at radius 3 is 2.11 bits per heavy atom. The van der Waals surface area contributed by atoms with Crippen LogP contribution in [0.15, 0.2) is 12.2 Å². The molecule has 18 heavy (non-hydrogen) atoms. The fourth-order valence-electron chi connectivity index (χ4n) is 1.59. The molecule has 0 aromatic heterocycles. The lowest BCUT2D eigenvalue weighted by Gasteiger charge is -2.31. The minimum absolute atomic E-state index is 0.331. The van der Waals surface area contributed by atoms with Crippen molar-refractivity contribution in [3.05, 3.63) is 12.2 Å². The summed E-state index contributed by atoms with van der Waals surface area (Å²) >= 11 is 0. The van der Waals surface area contributed by atoms with Gasteiger partial charge in [-0.3, -0.25) is 9.59 Å². The number of allylic oxidation sites excluding steroid dienone is 1. The predicted octanol–water partition coefficient (Wildman–Crippen LogP) is 1.34. The highest BCUT2D eigenvalue weighted by molar-refractivity contribution is 5.74. The molecule has 0 saturated carbocycles. The molecule has 0 spiro atoms. The molecular formula is C12H12N2O4. The smallest absolute Gasteiger partial charge is 0.323 e. The zero-order valence-corrected chi connectivity index (χ0v) is 9.72. The lowest BCUT2D eigenvalue weighted by atomic mass is 10.0. The van der Waals surface area contributed by atoms with Crippen molar-refractivity contribution in [3.8, 4) is 12.1 Å². The van der Waals surface area contributed by atoms with Crippen molar-refractivity contribution in [2.45, 2.75) is 37.9 Å². The second kappa shape index (κ2) is 6.41. The van der Waals surface area contributed by atoms with Crippen LogP contribution >= 0.6 is 0 Å². The van der Waals surface area contributed by atoms with Crippen molar-refractivity contribution in [1.29, 1.82) is 10.5 Å². The van der Waals surface area contributed by atoms with Gasteiger partial charge in [0.25, 0.3) is 5.79 Å². The van der Waals surface area contributed by atoms with E-state index in [4.69, 9.17) is 20.0 Å². The van der Waals surface area contributed by atoms with E-state index in [1.54, 1.807) is 18.2 Å². The molecule has 0 radical (unpaired) electrons. The number of esters is 2. The average molecular weight is 248 g/mol. The molecule has 0 bridgehead atoms. The molecule has 0 aliphatic heterocycles. The van der Waals surface area contributed by atoms with Crippen LogP contribution in [0.4, 0.5) is 0 Å². The minimum Gasteiger partial charge on any atom is -0.418 e. The fourth-order valence-corrected chi connectivity index (χ4v) is 1.59. The van der Waals surface area contributed by atoms with Gasteiger partial charge in [0.2, 0.25) is 0 Å². The lowest BCUT2D eigenvalue weighted by molar-refractivity contribution is -0.213. The molecule has 0 saturated heterocycles. The van der Waals surface area contributed by atoms with Gasteiger partial charge in [0, 0.05) is 6.42 Å². The SMILES string of the molecule is N#CCC(=O)OC1(OC(=O)CC#N)C=CCCC1. The monoisotopic (exact) mass is 248 g/mol. The van der Waals surface area contributed by atoms with Gasteiger partial charge in [0.1, 0.15) is 12.8 Å². The van der Waals surface area contributed by atoms with Gasteiger partial charge in [-0.25, -0.2) is 0 Å².